The summed E-state index contributed by atoms with van der Waals surface area (Å²) in [5, 5.41) is 0. The normalized spacial score (nSPS) is 15.0. The molecule has 1 saturated heterocycles. The topological polar surface area (TPSA) is 78.5 Å². The monoisotopic (exact) mass is 370 g/mol. The minimum atomic E-state index is -0.386. The molecule has 0 spiro atoms. The Balaban J connectivity index is 1.64. The Morgan fingerprint density at radius 3 is 2.56 bits per heavy atom. The molecule has 1 aliphatic heterocycles. The number of aryl methyl sites for hydroxylation is 1. The zero-order valence-electron chi connectivity index (χ0n) is 16.1. The number of aromatic amines is 1. The summed E-state index contributed by atoms with van der Waals surface area (Å²) in [5.74, 6) is -0.452. The summed E-state index contributed by atoms with van der Waals surface area (Å²) in [6.45, 7) is 9.35. The quantitative estimate of drug-likeness (QED) is 0.816. The second-order valence-electron chi connectivity index (χ2n) is 6.73. The molecule has 3 rings (SSSR count). The average Bonchev–Trinajstić information content (AvgIpc) is 2.97. The molecule has 144 valence electrons. The maximum absolute atomic E-state index is 12.9. The third-order valence-corrected chi connectivity index (χ3v) is 4.90. The molecule has 0 unspecified atom stereocenters. The van der Waals surface area contributed by atoms with Crippen LogP contribution < -0.4 is 0 Å². The van der Waals surface area contributed by atoms with E-state index in [4.69, 9.17) is 4.74 Å². The highest BCUT2D eigenvalue weighted by Gasteiger charge is 2.28. The van der Waals surface area contributed by atoms with Gasteiger partial charge in [0, 0.05) is 44.6 Å². The first-order valence-electron chi connectivity index (χ1n) is 9.29. The second-order valence-corrected chi connectivity index (χ2v) is 6.73. The van der Waals surface area contributed by atoms with Gasteiger partial charge in [-0.15, -0.1) is 0 Å². The van der Waals surface area contributed by atoms with Gasteiger partial charge in [-0.1, -0.05) is 6.07 Å². The van der Waals surface area contributed by atoms with Crippen molar-refractivity contribution >= 4 is 11.9 Å². The van der Waals surface area contributed by atoms with Crippen molar-refractivity contribution in [2.24, 2.45) is 0 Å². The van der Waals surface area contributed by atoms with Crippen molar-refractivity contribution in [2.45, 2.75) is 27.3 Å². The molecule has 3 heterocycles. The molecule has 0 aromatic carbocycles. The van der Waals surface area contributed by atoms with Gasteiger partial charge in [0.1, 0.15) is 5.69 Å². The van der Waals surface area contributed by atoms with Crippen LogP contribution in [0.4, 0.5) is 0 Å². The van der Waals surface area contributed by atoms with Crippen LogP contribution in [-0.2, 0) is 11.3 Å². The van der Waals surface area contributed by atoms with Crippen LogP contribution in [0, 0.1) is 13.8 Å². The number of hydrogen-bond donors (Lipinski definition) is 1. The fourth-order valence-corrected chi connectivity index (χ4v) is 3.46. The Bertz CT molecular complexity index is 808. The van der Waals surface area contributed by atoms with Crippen LogP contribution >= 0.6 is 0 Å². The lowest BCUT2D eigenvalue weighted by Crippen LogP contribution is -2.48. The van der Waals surface area contributed by atoms with Crippen LogP contribution in [0.15, 0.2) is 24.4 Å². The fourth-order valence-electron chi connectivity index (χ4n) is 3.46. The lowest BCUT2D eigenvalue weighted by molar-refractivity contribution is 0.0525. The predicted molar refractivity (Wildman–Crippen MR) is 102 cm³/mol. The van der Waals surface area contributed by atoms with Crippen LogP contribution in [0.1, 0.15) is 44.7 Å². The lowest BCUT2D eigenvalue weighted by Gasteiger charge is -2.34. The van der Waals surface area contributed by atoms with E-state index in [0.29, 0.717) is 42.2 Å². The molecule has 27 heavy (non-hydrogen) atoms. The van der Waals surface area contributed by atoms with E-state index < -0.39 is 0 Å². The number of esters is 1. The molecule has 7 heteroatoms. The number of carbonyl (C=O) groups is 2. The minimum absolute atomic E-state index is 0.0661. The number of aromatic nitrogens is 2. The standard InChI is InChI=1S/C20H26N4O3/c1-4-27-20(26)17-14(2)18(22-15(17)3)19(25)24-11-9-23(10-12-24)13-16-7-5-6-8-21-16/h5-8,22H,4,9-13H2,1-3H3. The number of H-pyrrole nitrogens is 1. The molecule has 0 bridgehead atoms. The Kier molecular flexibility index (Phi) is 5.91. The van der Waals surface area contributed by atoms with Gasteiger partial charge in [-0.2, -0.15) is 0 Å². The number of nitrogens with one attached hydrogen (secondary N) is 1. The van der Waals surface area contributed by atoms with E-state index in [2.05, 4.69) is 14.9 Å². The molecule has 2 aromatic rings. The van der Waals surface area contributed by atoms with Crippen molar-refractivity contribution in [3.05, 3.63) is 52.6 Å². The summed E-state index contributed by atoms with van der Waals surface area (Å²) in [6.07, 6.45) is 1.80. The van der Waals surface area contributed by atoms with Gasteiger partial charge in [-0.25, -0.2) is 4.79 Å². The number of ether oxygens (including phenoxy) is 1. The Labute approximate surface area is 159 Å². The maximum atomic E-state index is 12.9. The number of piperazine rings is 1. The zero-order valence-corrected chi connectivity index (χ0v) is 16.1. The van der Waals surface area contributed by atoms with E-state index in [1.807, 2.05) is 23.1 Å². The highest BCUT2D eigenvalue weighted by atomic mass is 16.5. The first kappa shape index (κ1) is 19.1. The summed E-state index contributed by atoms with van der Waals surface area (Å²) < 4.78 is 5.10. The van der Waals surface area contributed by atoms with Gasteiger partial charge >= 0.3 is 5.97 Å². The summed E-state index contributed by atoms with van der Waals surface area (Å²) in [6, 6.07) is 5.91. The number of hydrogen-bond acceptors (Lipinski definition) is 5. The van der Waals surface area contributed by atoms with Gasteiger partial charge in [0.05, 0.1) is 17.9 Å². The molecular weight excluding hydrogens is 344 g/mol. The largest absolute Gasteiger partial charge is 0.462 e. The summed E-state index contributed by atoms with van der Waals surface area (Å²) in [4.78, 5) is 36.7. The van der Waals surface area contributed by atoms with E-state index in [9.17, 15) is 9.59 Å². The number of carbonyl (C=O) groups excluding carboxylic acids is 2. The second kappa shape index (κ2) is 8.35. The summed E-state index contributed by atoms with van der Waals surface area (Å²) in [5.41, 5.74) is 3.31. The van der Waals surface area contributed by atoms with E-state index in [-0.39, 0.29) is 11.9 Å². The highest BCUT2D eigenvalue weighted by molar-refractivity contribution is 6.00. The van der Waals surface area contributed by atoms with Gasteiger partial charge in [0.15, 0.2) is 0 Å². The minimum Gasteiger partial charge on any atom is -0.462 e. The number of nitrogens with zero attached hydrogens (tertiary/aromatic N) is 3. The fraction of sp³-hybridized carbons (Fsp3) is 0.450. The first-order valence-corrected chi connectivity index (χ1v) is 9.29. The van der Waals surface area contributed by atoms with Gasteiger partial charge in [-0.3, -0.25) is 14.7 Å². The van der Waals surface area contributed by atoms with Crippen molar-refractivity contribution in [3.63, 3.8) is 0 Å². The van der Waals surface area contributed by atoms with Gasteiger partial charge in [0.2, 0.25) is 0 Å². The van der Waals surface area contributed by atoms with Crippen LogP contribution in [0.3, 0.4) is 0 Å². The molecule has 7 nitrogen and oxygen atoms in total. The van der Waals surface area contributed by atoms with E-state index in [0.717, 1.165) is 25.3 Å². The average molecular weight is 370 g/mol. The Morgan fingerprint density at radius 1 is 1.19 bits per heavy atom. The predicted octanol–water partition coefficient (Wildman–Crippen LogP) is 2.16. The zero-order chi connectivity index (χ0) is 19.4. The van der Waals surface area contributed by atoms with E-state index in [1.165, 1.54) is 0 Å². The maximum Gasteiger partial charge on any atom is 0.340 e. The lowest BCUT2D eigenvalue weighted by atomic mass is 10.1. The third kappa shape index (κ3) is 4.19. The van der Waals surface area contributed by atoms with Crippen LogP contribution in [-0.4, -0.2) is 64.4 Å². The molecule has 0 saturated carbocycles. The Morgan fingerprint density at radius 2 is 1.93 bits per heavy atom. The number of rotatable bonds is 5. The number of pyridine rings is 1. The van der Waals surface area contributed by atoms with Crippen molar-refractivity contribution in [2.75, 3.05) is 32.8 Å². The number of amides is 1. The molecule has 1 N–H and O–H groups in total. The van der Waals surface area contributed by atoms with Crippen molar-refractivity contribution in [1.29, 1.82) is 0 Å². The molecule has 2 aromatic heterocycles. The summed E-state index contributed by atoms with van der Waals surface area (Å²) in [7, 11) is 0. The van der Waals surface area contributed by atoms with E-state index >= 15 is 0 Å². The molecule has 0 radical (unpaired) electrons. The van der Waals surface area contributed by atoms with Crippen LogP contribution in [0.2, 0.25) is 0 Å². The molecule has 1 fully saturated rings. The van der Waals surface area contributed by atoms with Crippen molar-refractivity contribution in [3.8, 4) is 0 Å². The first-order chi connectivity index (χ1) is 13.0. The molecule has 1 aliphatic rings. The Hall–Kier alpha value is -2.67. The van der Waals surface area contributed by atoms with Crippen molar-refractivity contribution in [1.82, 2.24) is 19.8 Å². The SMILES string of the molecule is CCOC(=O)c1c(C)[nH]c(C(=O)N2CCN(Cc3ccccn3)CC2)c1C. The third-order valence-electron chi connectivity index (χ3n) is 4.90. The van der Waals surface area contributed by atoms with E-state index in [1.54, 1.807) is 27.0 Å². The van der Waals surface area contributed by atoms with Gasteiger partial charge < -0.3 is 14.6 Å². The van der Waals surface area contributed by atoms with Crippen LogP contribution in [0.5, 0.6) is 0 Å². The molecule has 0 aliphatic carbocycles. The molecule has 0 atom stereocenters. The summed E-state index contributed by atoms with van der Waals surface area (Å²) >= 11 is 0. The van der Waals surface area contributed by atoms with Crippen molar-refractivity contribution < 1.29 is 14.3 Å². The van der Waals surface area contributed by atoms with Gasteiger partial charge in [-0.05, 0) is 38.5 Å². The smallest absolute Gasteiger partial charge is 0.340 e. The highest BCUT2D eigenvalue weighted by Crippen LogP contribution is 2.21. The van der Waals surface area contributed by atoms with Crippen LogP contribution in [0.25, 0.3) is 0 Å². The van der Waals surface area contributed by atoms with Gasteiger partial charge in [0.25, 0.3) is 5.91 Å². The molecular formula is C20H26N4O3. The molecule has 1 amide bonds.